The standard InChI is InChI=1S/C14H26N6/c1-5-8-15-12-16-13(19(3)4)18-14(17-12)20-9-6-7-11(2)10-20/h11H,5-10H2,1-4H3,(H,15,16,17,18). The van der Waals surface area contributed by atoms with Gasteiger partial charge in [-0.15, -0.1) is 0 Å². The third kappa shape index (κ3) is 3.71. The summed E-state index contributed by atoms with van der Waals surface area (Å²) < 4.78 is 0. The lowest BCUT2D eigenvalue weighted by atomic mass is 10.0. The fraction of sp³-hybridized carbons (Fsp3) is 0.786. The van der Waals surface area contributed by atoms with Gasteiger partial charge in [-0.3, -0.25) is 0 Å². The number of hydrogen-bond acceptors (Lipinski definition) is 6. The van der Waals surface area contributed by atoms with Crippen LogP contribution in [-0.4, -0.2) is 48.7 Å². The van der Waals surface area contributed by atoms with Gasteiger partial charge in [-0.05, 0) is 25.2 Å². The average Bonchev–Trinajstić information content (AvgIpc) is 2.44. The SMILES string of the molecule is CCCNc1nc(N(C)C)nc(N2CCCC(C)C2)n1. The molecule has 0 spiro atoms. The van der Waals surface area contributed by atoms with Crippen LogP contribution in [-0.2, 0) is 0 Å². The largest absolute Gasteiger partial charge is 0.354 e. The van der Waals surface area contributed by atoms with E-state index < -0.39 is 0 Å². The first-order valence-electron chi connectivity index (χ1n) is 7.52. The van der Waals surface area contributed by atoms with Crippen LogP contribution >= 0.6 is 0 Å². The summed E-state index contributed by atoms with van der Waals surface area (Å²) in [6.45, 7) is 7.37. The zero-order valence-corrected chi connectivity index (χ0v) is 13.1. The van der Waals surface area contributed by atoms with Crippen LogP contribution in [0.3, 0.4) is 0 Å². The highest BCUT2D eigenvalue weighted by Crippen LogP contribution is 2.22. The van der Waals surface area contributed by atoms with E-state index in [4.69, 9.17) is 0 Å². The van der Waals surface area contributed by atoms with E-state index in [0.29, 0.717) is 17.8 Å². The zero-order chi connectivity index (χ0) is 14.5. The van der Waals surface area contributed by atoms with Gasteiger partial charge in [-0.25, -0.2) is 0 Å². The molecule has 1 fully saturated rings. The minimum Gasteiger partial charge on any atom is -0.354 e. The summed E-state index contributed by atoms with van der Waals surface area (Å²) in [5.74, 6) is 2.90. The number of aromatic nitrogens is 3. The number of rotatable bonds is 5. The van der Waals surface area contributed by atoms with E-state index in [9.17, 15) is 0 Å². The fourth-order valence-corrected chi connectivity index (χ4v) is 2.38. The van der Waals surface area contributed by atoms with Crippen molar-refractivity contribution >= 4 is 17.8 Å². The van der Waals surface area contributed by atoms with Gasteiger partial charge in [0.05, 0.1) is 0 Å². The highest BCUT2D eigenvalue weighted by molar-refractivity contribution is 5.44. The highest BCUT2D eigenvalue weighted by Gasteiger charge is 2.20. The summed E-state index contributed by atoms with van der Waals surface area (Å²) >= 11 is 0. The lowest BCUT2D eigenvalue weighted by Crippen LogP contribution is -2.36. The van der Waals surface area contributed by atoms with Gasteiger partial charge in [0.15, 0.2) is 0 Å². The smallest absolute Gasteiger partial charge is 0.231 e. The number of nitrogens with one attached hydrogen (secondary N) is 1. The van der Waals surface area contributed by atoms with E-state index in [1.807, 2.05) is 19.0 Å². The zero-order valence-electron chi connectivity index (χ0n) is 13.1. The van der Waals surface area contributed by atoms with E-state index >= 15 is 0 Å². The van der Waals surface area contributed by atoms with E-state index in [0.717, 1.165) is 32.0 Å². The Balaban J connectivity index is 2.23. The quantitative estimate of drug-likeness (QED) is 0.889. The first-order chi connectivity index (χ1) is 9.60. The molecule has 112 valence electrons. The van der Waals surface area contributed by atoms with Gasteiger partial charge in [0, 0.05) is 33.7 Å². The van der Waals surface area contributed by atoms with E-state index in [1.54, 1.807) is 0 Å². The summed E-state index contributed by atoms with van der Waals surface area (Å²) in [4.78, 5) is 17.8. The molecular formula is C14H26N6. The second kappa shape index (κ2) is 6.72. The van der Waals surface area contributed by atoms with Gasteiger partial charge in [0.2, 0.25) is 17.8 Å². The van der Waals surface area contributed by atoms with Crippen molar-refractivity contribution in [2.24, 2.45) is 5.92 Å². The van der Waals surface area contributed by atoms with Crippen LogP contribution < -0.4 is 15.1 Å². The summed E-state index contributed by atoms with van der Waals surface area (Å²) in [5.41, 5.74) is 0. The molecule has 0 radical (unpaired) electrons. The molecule has 6 nitrogen and oxygen atoms in total. The molecule has 1 aromatic rings. The Morgan fingerprint density at radius 1 is 1.30 bits per heavy atom. The second-order valence-electron chi connectivity index (χ2n) is 5.77. The Labute approximate surface area is 121 Å². The number of anilines is 3. The maximum atomic E-state index is 4.59. The van der Waals surface area contributed by atoms with Crippen molar-refractivity contribution in [3.63, 3.8) is 0 Å². The van der Waals surface area contributed by atoms with Crippen LogP contribution in [0.4, 0.5) is 17.8 Å². The molecule has 0 aromatic carbocycles. The lowest BCUT2D eigenvalue weighted by molar-refractivity contribution is 0.442. The Kier molecular flexibility index (Phi) is 4.98. The Morgan fingerprint density at radius 3 is 2.75 bits per heavy atom. The molecule has 1 N–H and O–H groups in total. The summed E-state index contributed by atoms with van der Waals surface area (Å²) in [5, 5.41) is 3.26. The third-order valence-electron chi connectivity index (χ3n) is 3.48. The Morgan fingerprint density at radius 2 is 2.10 bits per heavy atom. The molecule has 1 aliphatic heterocycles. The first-order valence-corrected chi connectivity index (χ1v) is 7.52. The van der Waals surface area contributed by atoms with Crippen molar-refractivity contribution in [2.45, 2.75) is 33.1 Å². The lowest BCUT2D eigenvalue weighted by Gasteiger charge is -2.31. The molecule has 1 atom stereocenters. The fourth-order valence-electron chi connectivity index (χ4n) is 2.38. The minimum atomic E-state index is 0.679. The predicted molar refractivity (Wildman–Crippen MR) is 83.5 cm³/mol. The van der Waals surface area contributed by atoms with Crippen LogP contribution in [0.5, 0.6) is 0 Å². The maximum absolute atomic E-state index is 4.59. The number of hydrogen-bond donors (Lipinski definition) is 1. The molecule has 6 heteroatoms. The molecule has 20 heavy (non-hydrogen) atoms. The molecule has 2 heterocycles. The highest BCUT2D eigenvalue weighted by atomic mass is 15.4. The van der Waals surface area contributed by atoms with Crippen LogP contribution in [0, 0.1) is 5.92 Å². The van der Waals surface area contributed by atoms with Crippen LogP contribution in [0.2, 0.25) is 0 Å². The van der Waals surface area contributed by atoms with Crippen molar-refractivity contribution in [3.8, 4) is 0 Å². The minimum absolute atomic E-state index is 0.679. The number of piperidine rings is 1. The normalized spacial score (nSPS) is 19.0. The van der Waals surface area contributed by atoms with Gasteiger partial charge in [-0.2, -0.15) is 15.0 Å². The van der Waals surface area contributed by atoms with Gasteiger partial charge >= 0.3 is 0 Å². The monoisotopic (exact) mass is 278 g/mol. The van der Waals surface area contributed by atoms with E-state index in [2.05, 4.69) is 39.0 Å². The maximum Gasteiger partial charge on any atom is 0.231 e. The molecule has 2 rings (SSSR count). The average molecular weight is 278 g/mol. The van der Waals surface area contributed by atoms with Gasteiger partial charge in [-0.1, -0.05) is 13.8 Å². The molecule has 1 aromatic heterocycles. The third-order valence-corrected chi connectivity index (χ3v) is 3.48. The van der Waals surface area contributed by atoms with Crippen LogP contribution in [0.25, 0.3) is 0 Å². The van der Waals surface area contributed by atoms with E-state index in [-0.39, 0.29) is 0 Å². The molecule has 0 aliphatic carbocycles. The molecule has 1 saturated heterocycles. The molecule has 0 bridgehead atoms. The Bertz CT molecular complexity index is 434. The topological polar surface area (TPSA) is 57.2 Å². The Hall–Kier alpha value is -1.59. The first kappa shape index (κ1) is 14.8. The summed E-state index contributed by atoms with van der Waals surface area (Å²) in [6.07, 6.45) is 3.56. The van der Waals surface area contributed by atoms with Gasteiger partial charge in [0.25, 0.3) is 0 Å². The van der Waals surface area contributed by atoms with Crippen molar-refractivity contribution in [1.29, 1.82) is 0 Å². The van der Waals surface area contributed by atoms with Crippen LogP contribution in [0.15, 0.2) is 0 Å². The molecular weight excluding hydrogens is 252 g/mol. The molecule has 1 aliphatic rings. The van der Waals surface area contributed by atoms with Crippen molar-refractivity contribution in [2.75, 3.05) is 48.8 Å². The predicted octanol–water partition coefficient (Wildman–Crippen LogP) is 2.00. The van der Waals surface area contributed by atoms with Gasteiger partial charge < -0.3 is 15.1 Å². The summed E-state index contributed by atoms with van der Waals surface area (Å²) in [7, 11) is 3.92. The summed E-state index contributed by atoms with van der Waals surface area (Å²) in [6, 6.07) is 0. The van der Waals surface area contributed by atoms with Crippen molar-refractivity contribution in [1.82, 2.24) is 15.0 Å². The van der Waals surface area contributed by atoms with Crippen molar-refractivity contribution in [3.05, 3.63) is 0 Å². The second-order valence-corrected chi connectivity index (χ2v) is 5.77. The molecule has 0 amide bonds. The molecule has 1 unspecified atom stereocenters. The van der Waals surface area contributed by atoms with Crippen LogP contribution in [0.1, 0.15) is 33.1 Å². The van der Waals surface area contributed by atoms with E-state index in [1.165, 1.54) is 12.8 Å². The van der Waals surface area contributed by atoms with Gasteiger partial charge in [0.1, 0.15) is 0 Å². The van der Waals surface area contributed by atoms with Crippen molar-refractivity contribution < 1.29 is 0 Å². The number of nitrogens with zero attached hydrogens (tertiary/aromatic N) is 5. The molecule has 0 saturated carbocycles.